The van der Waals surface area contributed by atoms with Gasteiger partial charge in [0.1, 0.15) is 0 Å². The van der Waals surface area contributed by atoms with Crippen LogP contribution >= 0.6 is 23.4 Å². The predicted molar refractivity (Wildman–Crippen MR) is 108 cm³/mol. The fourth-order valence-electron chi connectivity index (χ4n) is 2.78. The van der Waals surface area contributed by atoms with E-state index >= 15 is 0 Å². The molecule has 0 aromatic heterocycles. The van der Waals surface area contributed by atoms with Crippen molar-refractivity contribution in [3.63, 3.8) is 0 Å². The van der Waals surface area contributed by atoms with E-state index in [-0.39, 0.29) is 5.91 Å². The molecule has 0 spiro atoms. The summed E-state index contributed by atoms with van der Waals surface area (Å²) in [6.45, 7) is 4.04. The molecule has 1 heterocycles. The Morgan fingerprint density at radius 3 is 2.42 bits per heavy atom. The maximum atomic E-state index is 12.4. The Hall–Kier alpha value is -1.69. The van der Waals surface area contributed by atoms with Gasteiger partial charge >= 0.3 is 0 Å². The number of rotatable bonds is 6. The van der Waals surface area contributed by atoms with Gasteiger partial charge in [-0.05, 0) is 42.0 Å². The Labute approximate surface area is 164 Å². The zero-order valence-corrected chi connectivity index (χ0v) is 16.4. The molecule has 0 atom stereocenters. The second kappa shape index (κ2) is 9.31. The summed E-state index contributed by atoms with van der Waals surface area (Å²) >= 11 is 7.41. The highest BCUT2D eigenvalue weighted by Gasteiger charge is 2.13. The zero-order valence-electron chi connectivity index (χ0n) is 14.9. The first-order valence-electron chi connectivity index (χ1n) is 8.66. The van der Waals surface area contributed by atoms with Gasteiger partial charge in [0.05, 0.1) is 19.0 Å². The molecule has 26 heavy (non-hydrogen) atoms. The Bertz CT molecular complexity index is 716. The Morgan fingerprint density at radius 2 is 1.77 bits per heavy atom. The number of thioether (sulfide) groups is 1. The van der Waals surface area contributed by atoms with Crippen LogP contribution in [0.25, 0.3) is 0 Å². The van der Waals surface area contributed by atoms with E-state index < -0.39 is 0 Å². The van der Waals surface area contributed by atoms with Crippen molar-refractivity contribution < 1.29 is 9.53 Å². The minimum absolute atomic E-state index is 0.113. The molecule has 0 bridgehead atoms. The normalized spacial score (nSPS) is 14.3. The Morgan fingerprint density at radius 1 is 1.12 bits per heavy atom. The number of carbonyl (C=O) groups is 1. The highest BCUT2D eigenvalue weighted by atomic mass is 35.5. The van der Waals surface area contributed by atoms with Crippen molar-refractivity contribution in [1.29, 1.82) is 0 Å². The topological polar surface area (TPSA) is 32.8 Å². The van der Waals surface area contributed by atoms with Crippen molar-refractivity contribution in [1.82, 2.24) is 4.90 Å². The van der Waals surface area contributed by atoms with Crippen molar-refractivity contribution in [3.05, 3.63) is 59.1 Å². The van der Waals surface area contributed by atoms with Crippen LogP contribution in [0.5, 0.6) is 0 Å². The van der Waals surface area contributed by atoms with Crippen LogP contribution in [-0.2, 0) is 16.1 Å². The highest BCUT2D eigenvalue weighted by Crippen LogP contribution is 2.21. The lowest BCUT2D eigenvalue weighted by molar-refractivity contribution is -0.127. The summed E-state index contributed by atoms with van der Waals surface area (Å²) in [7, 11) is 1.85. The largest absolute Gasteiger partial charge is 0.378 e. The molecule has 3 rings (SSSR count). The van der Waals surface area contributed by atoms with Crippen LogP contribution in [0.2, 0.25) is 5.02 Å². The van der Waals surface area contributed by atoms with Crippen molar-refractivity contribution >= 4 is 35.0 Å². The first-order chi connectivity index (χ1) is 12.6. The monoisotopic (exact) mass is 390 g/mol. The molecule has 0 unspecified atom stereocenters. The first-order valence-corrected chi connectivity index (χ1v) is 10.0. The van der Waals surface area contributed by atoms with E-state index in [0.717, 1.165) is 36.8 Å². The standard InChI is InChI=1S/C20H23ClN2O2S/c1-22(20(24)15-26-19-8-4-17(21)5-9-19)14-16-2-6-18(7-3-16)23-10-12-25-13-11-23/h2-9H,10-15H2,1H3. The third kappa shape index (κ3) is 5.40. The number of carbonyl (C=O) groups excluding carboxylic acids is 1. The van der Waals surface area contributed by atoms with Crippen LogP contribution in [0.1, 0.15) is 5.56 Å². The maximum Gasteiger partial charge on any atom is 0.232 e. The summed E-state index contributed by atoms with van der Waals surface area (Å²) in [6.07, 6.45) is 0. The second-order valence-electron chi connectivity index (χ2n) is 6.26. The molecule has 1 aliphatic heterocycles. The third-order valence-corrected chi connectivity index (χ3v) is 5.58. The molecule has 4 nitrogen and oxygen atoms in total. The van der Waals surface area contributed by atoms with E-state index in [2.05, 4.69) is 29.2 Å². The molecule has 6 heteroatoms. The van der Waals surface area contributed by atoms with Crippen LogP contribution in [0.3, 0.4) is 0 Å². The van der Waals surface area contributed by atoms with E-state index in [9.17, 15) is 4.79 Å². The lowest BCUT2D eigenvalue weighted by Gasteiger charge is -2.29. The van der Waals surface area contributed by atoms with Crippen molar-refractivity contribution in [2.75, 3.05) is 44.0 Å². The first kappa shape index (κ1) is 19.1. The SMILES string of the molecule is CN(Cc1ccc(N2CCOCC2)cc1)C(=O)CSc1ccc(Cl)cc1. The molecule has 0 N–H and O–H groups in total. The number of hydrogen-bond donors (Lipinski definition) is 0. The summed E-state index contributed by atoms with van der Waals surface area (Å²) in [5.41, 5.74) is 2.35. The van der Waals surface area contributed by atoms with Gasteiger partial charge in [0, 0.05) is 42.3 Å². The molecule has 2 aromatic rings. The van der Waals surface area contributed by atoms with Crippen molar-refractivity contribution in [3.8, 4) is 0 Å². The van der Waals surface area contributed by atoms with Crippen LogP contribution in [0, 0.1) is 0 Å². The smallest absolute Gasteiger partial charge is 0.232 e. The van der Waals surface area contributed by atoms with Crippen LogP contribution in [0.15, 0.2) is 53.4 Å². The van der Waals surface area contributed by atoms with Gasteiger partial charge in [0.25, 0.3) is 0 Å². The number of ether oxygens (including phenoxy) is 1. The average Bonchev–Trinajstić information content (AvgIpc) is 2.68. The fraction of sp³-hybridized carbons (Fsp3) is 0.350. The van der Waals surface area contributed by atoms with E-state index in [1.807, 2.05) is 31.3 Å². The van der Waals surface area contributed by atoms with Crippen LogP contribution in [0.4, 0.5) is 5.69 Å². The minimum Gasteiger partial charge on any atom is -0.378 e. The minimum atomic E-state index is 0.113. The summed E-state index contributed by atoms with van der Waals surface area (Å²) in [5.74, 6) is 0.534. The lowest BCUT2D eigenvalue weighted by Crippen LogP contribution is -2.36. The molecule has 0 radical (unpaired) electrons. The number of benzene rings is 2. The molecule has 1 saturated heterocycles. The number of hydrogen-bond acceptors (Lipinski definition) is 4. The number of amides is 1. The molecule has 0 aliphatic carbocycles. The van der Waals surface area contributed by atoms with Gasteiger partial charge in [-0.25, -0.2) is 0 Å². The van der Waals surface area contributed by atoms with Gasteiger partial charge in [0.15, 0.2) is 0 Å². The Kier molecular flexibility index (Phi) is 6.83. The van der Waals surface area contributed by atoms with E-state index in [0.29, 0.717) is 17.3 Å². The van der Waals surface area contributed by atoms with Gasteiger partial charge < -0.3 is 14.5 Å². The lowest BCUT2D eigenvalue weighted by atomic mass is 10.2. The third-order valence-electron chi connectivity index (χ3n) is 4.33. The summed E-state index contributed by atoms with van der Waals surface area (Å²) < 4.78 is 5.39. The molecule has 138 valence electrons. The molecular weight excluding hydrogens is 368 g/mol. The number of morpholine rings is 1. The van der Waals surface area contributed by atoms with Gasteiger partial charge in [-0.15, -0.1) is 11.8 Å². The van der Waals surface area contributed by atoms with Gasteiger partial charge in [-0.3, -0.25) is 4.79 Å². The Balaban J connectivity index is 1.49. The van der Waals surface area contributed by atoms with E-state index in [4.69, 9.17) is 16.3 Å². The summed E-state index contributed by atoms with van der Waals surface area (Å²) in [4.78, 5) is 17.5. The van der Waals surface area contributed by atoms with Gasteiger partial charge in [-0.2, -0.15) is 0 Å². The van der Waals surface area contributed by atoms with E-state index in [1.54, 1.807) is 4.90 Å². The van der Waals surface area contributed by atoms with Crippen molar-refractivity contribution in [2.45, 2.75) is 11.4 Å². The molecule has 0 saturated carbocycles. The molecule has 1 fully saturated rings. The van der Waals surface area contributed by atoms with Crippen LogP contribution < -0.4 is 4.90 Å². The molecule has 1 aliphatic rings. The highest BCUT2D eigenvalue weighted by molar-refractivity contribution is 8.00. The maximum absolute atomic E-state index is 12.4. The summed E-state index contributed by atoms with van der Waals surface area (Å²) in [6, 6.07) is 16.0. The van der Waals surface area contributed by atoms with Gasteiger partial charge in [-0.1, -0.05) is 23.7 Å². The molecule has 1 amide bonds. The van der Waals surface area contributed by atoms with Crippen LogP contribution in [-0.4, -0.2) is 49.9 Å². The predicted octanol–water partition coefficient (Wildman–Crippen LogP) is 3.93. The number of anilines is 1. The average molecular weight is 391 g/mol. The number of halogens is 1. The van der Waals surface area contributed by atoms with Gasteiger partial charge in [0.2, 0.25) is 5.91 Å². The molecular formula is C20H23ClN2O2S. The second-order valence-corrected chi connectivity index (χ2v) is 7.74. The van der Waals surface area contributed by atoms with E-state index in [1.165, 1.54) is 17.4 Å². The van der Waals surface area contributed by atoms with Crippen molar-refractivity contribution in [2.24, 2.45) is 0 Å². The fourth-order valence-corrected chi connectivity index (χ4v) is 3.75. The quantitative estimate of drug-likeness (QED) is 0.700. The molecule has 2 aromatic carbocycles. The zero-order chi connectivity index (χ0) is 18.4. The summed E-state index contributed by atoms with van der Waals surface area (Å²) in [5, 5.41) is 0.707. The number of nitrogens with zero attached hydrogens (tertiary/aromatic N) is 2.